The number of aryl methyl sites for hydroxylation is 1. The Bertz CT molecular complexity index is 809. The topological polar surface area (TPSA) is 78.1 Å². The number of thiophene rings is 2. The van der Waals surface area contributed by atoms with Crippen molar-refractivity contribution < 1.29 is 9.53 Å². The van der Waals surface area contributed by atoms with Crippen molar-refractivity contribution in [1.82, 2.24) is 9.97 Å². The van der Waals surface area contributed by atoms with Crippen LogP contribution in [0, 0.1) is 6.92 Å². The number of rotatable bonds is 3. The van der Waals surface area contributed by atoms with Crippen LogP contribution < -0.4 is 5.73 Å². The zero-order chi connectivity index (χ0) is 15.0. The molecule has 0 bridgehead atoms. The van der Waals surface area contributed by atoms with E-state index in [-0.39, 0.29) is 0 Å². The zero-order valence-corrected chi connectivity index (χ0v) is 13.2. The van der Waals surface area contributed by atoms with Crippen LogP contribution in [0.5, 0.6) is 0 Å². The van der Waals surface area contributed by atoms with E-state index in [0.717, 1.165) is 16.0 Å². The first-order chi connectivity index (χ1) is 10.1. The molecule has 21 heavy (non-hydrogen) atoms. The number of ether oxygens (including phenoxy) is 1. The maximum Gasteiger partial charge on any atom is 0.350 e. The largest absolute Gasteiger partial charge is 0.462 e. The molecule has 2 N–H and O–H groups in total. The molecular weight excluding hydrogens is 306 g/mol. The monoisotopic (exact) mass is 319 g/mol. The zero-order valence-electron chi connectivity index (χ0n) is 11.5. The number of nitrogen functional groups attached to an aromatic ring is 1. The second-order valence-electron chi connectivity index (χ2n) is 4.36. The van der Waals surface area contributed by atoms with Crippen LogP contribution in [-0.4, -0.2) is 22.5 Å². The molecule has 0 spiro atoms. The van der Waals surface area contributed by atoms with Gasteiger partial charge in [-0.15, -0.1) is 22.7 Å². The Morgan fingerprint density at radius 3 is 2.90 bits per heavy atom. The number of nitrogens with two attached hydrogens (primary N) is 1. The first-order valence-corrected chi connectivity index (χ1v) is 8.09. The van der Waals surface area contributed by atoms with Gasteiger partial charge in [-0.1, -0.05) is 6.07 Å². The van der Waals surface area contributed by atoms with Gasteiger partial charge in [-0.05, 0) is 25.3 Å². The highest BCUT2D eigenvalue weighted by atomic mass is 32.1. The molecule has 0 saturated heterocycles. The lowest BCUT2D eigenvalue weighted by Crippen LogP contribution is -2.05. The highest BCUT2D eigenvalue weighted by Gasteiger charge is 2.21. The van der Waals surface area contributed by atoms with E-state index in [1.165, 1.54) is 11.3 Å². The molecule has 0 atom stereocenters. The lowest BCUT2D eigenvalue weighted by atomic mass is 10.2. The Morgan fingerprint density at radius 1 is 1.43 bits per heavy atom. The standard InChI is InChI=1S/C14H13N3O2S2/c1-3-19-14(18)11-10(15)9-7(2)16-12(17-13(9)21-11)8-5-4-6-20-8/h4-6H,3,15H2,1-2H3. The SMILES string of the molecule is CCOC(=O)c1sc2nc(-c3cccs3)nc(C)c2c1N. The van der Waals surface area contributed by atoms with Gasteiger partial charge in [0.1, 0.15) is 9.71 Å². The number of carbonyl (C=O) groups is 1. The molecule has 0 radical (unpaired) electrons. The molecule has 3 aromatic heterocycles. The van der Waals surface area contributed by atoms with E-state index in [4.69, 9.17) is 10.5 Å². The third-order valence-electron chi connectivity index (χ3n) is 2.97. The third kappa shape index (κ3) is 2.38. The van der Waals surface area contributed by atoms with Crippen molar-refractivity contribution in [2.75, 3.05) is 12.3 Å². The normalized spacial score (nSPS) is 11.0. The Morgan fingerprint density at radius 2 is 2.24 bits per heavy atom. The average Bonchev–Trinajstić information content (AvgIpc) is 3.07. The second-order valence-corrected chi connectivity index (χ2v) is 6.30. The number of nitrogens with zero attached hydrogens (tertiary/aromatic N) is 2. The minimum atomic E-state index is -0.407. The van der Waals surface area contributed by atoms with E-state index in [0.29, 0.717) is 27.8 Å². The molecule has 0 fully saturated rings. The number of fused-ring (bicyclic) bond motifs is 1. The van der Waals surface area contributed by atoms with Crippen LogP contribution in [0.15, 0.2) is 17.5 Å². The Balaban J connectivity index is 2.18. The van der Waals surface area contributed by atoms with E-state index in [1.54, 1.807) is 18.3 Å². The first kappa shape index (κ1) is 14.0. The van der Waals surface area contributed by atoms with Crippen molar-refractivity contribution in [3.63, 3.8) is 0 Å². The van der Waals surface area contributed by atoms with Gasteiger partial charge in [0.15, 0.2) is 5.82 Å². The van der Waals surface area contributed by atoms with Gasteiger partial charge in [0.25, 0.3) is 0 Å². The molecule has 0 aromatic carbocycles. The molecule has 0 amide bonds. The minimum absolute atomic E-state index is 0.317. The average molecular weight is 319 g/mol. The molecule has 0 saturated carbocycles. The molecule has 3 heterocycles. The second kappa shape index (κ2) is 5.42. The maximum absolute atomic E-state index is 11.9. The van der Waals surface area contributed by atoms with Gasteiger partial charge < -0.3 is 10.5 Å². The van der Waals surface area contributed by atoms with Gasteiger partial charge in [-0.2, -0.15) is 0 Å². The summed E-state index contributed by atoms with van der Waals surface area (Å²) in [5.74, 6) is 0.252. The van der Waals surface area contributed by atoms with Gasteiger partial charge >= 0.3 is 5.97 Å². The molecule has 0 aliphatic heterocycles. The van der Waals surface area contributed by atoms with Crippen molar-refractivity contribution in [2.45, 2.75) is 13.8 Å². The summed E-state index contributed by atoms with van der Waals surface area (Å²) in [6, 6.07) is 3.92. The molecule has 3 rings (SSSR count). The quantitative estimate of drug-likeness (QED) is 0.748. The van der Waals surface area contributed by atoms with Gasteiger partial charge in [-0.25, -0.2) is 14.8 Å². The highest BCUT2D eigenvalue weighted by Crippen LogP contribution is 2.36. The maximum atomic E-state index is 11.9. The van der Waals surface area contributed by atoms with Crippen molar-refractivity contribution in [3.8, 4) is 10.7 Å². The van der Waals surface area contributed by atoms with Crippen LogP contribution in [0.3, 0.4) is 0 Å². The smallest absolute Gasteiger partial charge is 0.350 e. The van der Waals surface area contributed by atoms with Crippen LogP contribution in [-0.2, 0) is 4.74 Å². The van der Waals surface area contributed by atoms with Crippen molar-refractivity contribution in [2.24, 2.45) is 0 Å². The summed E-state index contributed by atoms with van der Waals surface area (Å²) in [5.41, 5.74) is 7.25. The number of hydrogen-bond donors (Lipinski definition) is 1. The summed E-state index contributed by atoms with van der Waals surface area (Å²) < 4.78 is 5.03. The fourth-order valence-corrected chi connectivity index (χ4v) is 3.76. The molecule has 3 aromatic rings. The summed E-state index contributed by atoms with van der Waals surface area (Å²) >= 11 is 2.83. The predicted molar refractivity (Wildman–Crippen MR) is 85.8 cm³/mol. The summed E-state index contributed by atoms with van der Waals surface area (Å²) in [7, 11) is 0. The van der Waals surface area contributed by atoms with E-state index >= 15 is 0 Å². The minimum Gasteiger partial charge on any atom is -0.462 e. The Labute approximate surface area is 129 Å². The van der Waals surface area contributed by atoms with E-state index < -0.39 is 5.97 Å². The predicted octanol–water partition coefficient (Wildman–Crippen LogP) is 3.49. The molecule has 0 unspecified atom stereocenters. The van der Waals surface area contributed by atoms with Gasteiger partial charge in [0, 0.05) is 0 Å². The molecule has 7 heteroatoms. The van der Waals surface area contributed by atoms with Crippen LogP contribution in [0.2, 0.25) is 0 Å². The fourth-order valence-electron chi connectivity index (χ4n) is 2.06. The summed E-state index contributed by atoms with van der Waals surface area (Å²) in [4.78, 5) is 23.1. The third-order valence-corrected chi connectivity index (χ3v) is 4.92. The molecule has 108 valence electrons. The van der Waals surface area contributed by atoms with Crippen molar-refractivity contribution in [1.29, 1.82) is 0 Å². The highest BCUT2D eigenvalue weighted by molar-refractivity contribution is 7.21. The number of hydrogen-bond acceptors (Lipinski definition) is 7. The summed E-state index contributed by atoms with van der Waals surface area (Å²) in [6.07, 6.45) is 0. The van der Waals surface area contributed by atoms with Gasteiger partial charge in [0.05, 0.1) is 28.3 Å². The van der Waals surface area contributed by atoms with Crippen LogP contribution in [0.1, 0.15) is 22.3 Å². The number of aromatic nitrogens is 2. The van der Waals surface area contributed by atoms with Crippen LogP contribution in [0.25, 0.3) is 20.9 Å². The lowest BCUT2D eigenvalue weighted by molar-refractivity contribution is 0.0533. The van der Waals surface area contributed by atoms with Gasteiger partial charge in [-0.3, -0.25) is 0 Å². The van der Waals surface area contributed by atoms with Crippen LogP contribution >= 0.6 is 22.7 Å². The van der Waals surface area contributed by atoms with E-state index in [1.807, 2.05) is 24.4 Å². The molecule has 5 nitrogen and oxygen atoms in total. The number of esters is 1. The molecule has 0 aliphatic rings. The van der Waals surface area contributed by atoms with Crippen molar-refractivity contribution >= 4 is 44.5 Å². The number of anilines is 1. The van der Waals surface area contributed by atoms with Gasteiger partial charge in [0.2, 0.25) is 0 Å². The van der Waals surface area contributed by atoms with Crippen molar-refractivity contribution in [3.05, 3.63) is 28.1 Å². The fraction of sp³-hybridized carbons (Fsp3) is 0.214. The molecule has 0 aliphatic carbocycles. The lowest BCUT2D eigenvalue weighted by Gasteiger charge is -2.01. The Kier molecular flexibility index (Phi) is 3.60. The van der Waals surface area contributed by atoms with E-state index in [9.17, 15) is 4.79 Å². The first-order valence-electron chi connectivity index (χ1n) is 6.39. The summed E-state index contributed by atoms with van der Waals surface area (Å²) in [6.45, 7) is 3.96. The summed E-state index contributed by atoms with van der Waals surface area (Å²) in [5, 5.41) is 2.72. The van der Waals surface area contributed by atoms with Crippen LogP contribution in [0.4, 0.5) is 5.69 Å². The number of carbonyl (C=O) groups excluding carboxylic acids is 1. The van der Waals surface area contributed by atoms with E-state index in [2.05, 4.69) is 9.97 Å². The Hall–Kier alpha value is -1.99. The molecular formula is C14H13N3O2S2.